The summed E-state index contributed by atoms with van der Waals surface area (Å²) in [6.07, 6.45) is 0. The molecule has 7 heteroatoms. The molecule has 104 valence electrons. The molecule has 0 amide bonds. The predicted octanol–water partition coefficient (Wildman–Crippen LogP) is 2.44. The second-order valence-corrected chi connectivity index (χ2v) is 3.67. The van der Waals surface area contributed by atoms with E-state index in [9.17, 15) is 10.1 Å². The van der Waals surface area contributed by atoms with Crippen LogP contribution in [0.1, 0.15) is 11.1 Å². The van der Waals surface area contributed by atoms with E-state index >= 15 is 0 Å². The van der Waals surface area contributed by atoms with Crippen LogP contribution in [0.3, 0.4) is 0 Å². The normalized spacial score (nSPS) is 8.67. The fourth-order valence-electron chi connectivity index (χ4n) is 1.34. The number of hydrogen-bond acceptors (Lipinski definition) is 6. The van der Waals surface area contributed by atoms with Gasteiger partial charge in [0.1, 0.15) is 23.5 Å². The minimum Gasteiger partial charge on any atom is -0.507 e. The number of nitro groups is 1. The van der Waals surface area contributed by atoms with Gasteiger partial charge in [-0.2, -0.15) is 10.5 Å². The first-order valence-corrected chi connectivity index (χ1v) is 5.55. The van der Waals surface area contributed by atoms with Crippen LogP contribution in [0.4, 0.5) is 5.69 Å². The number of nitro benzene ring substituents is 1. The van der Waals surface area contributed by atoms with E-state index < -0.39 is 16.4 Å². The van der Waals surface area contributed by atoms with Gasteiger partial charge < -0.3 is 10.2 Å². The van der Waals surface area contributed by atoms with Crippen molar-refractivity contribution in [3.63, 3.8) is 0 Å². The minimum absolute atomic E-state index is 0.0417. The van der Waals surface area contributed by atoms with Crippen molar-refractivity contribution in [2.45, 2.75) is 0 Å². The molecule has 2 rings (SSSR count). The van der Waals surface area contributed by atoms with Crippen LogP contribution in [-0.2, 0) is 0 Å². The lowest BCUT2D eigenvalue weighted by molar-refractivity contribution is -0.385. The van der Waals surface area contributed by atoms with E-state index in [0.717, 1.165) is 6.07 Å². The summed E-state index contributed by atoms with van der Waals surface area (Å²) in [6.45, 7) is 0. The highest BCUT2D eigenvalue weighted by Crippen LogP contribution is 2.28. The zero-order chi connectivity index (χ0) is 15.8. The Bertz CT molecular complexity index is 745. The summed E-state index contributed by atoms with van der Waals surface area (Å²) in [6, 6.07) is 13.7. The number of phenols is 2. The zero-order valence-corrected chi connectivity index (χ0v) is 10.6. The van der Waals surface area contributed by atoms with Crippen LogP contribution in [0.15, 0.2) is 42.5 Å². The van der Waals surface area contributed by atoms with Crippen molar-refractivity contribution in [3.05, 3.63) is 63.7 Å². The van der Waals surface area contributed by atoms with Crippen molar-refractivity contribution >= 4 is 5.69 Å². The second kappa shape index (κ2) is 7.12. The maximum atomic E-state index is 10.2. The predicted molar refractivity (Wildman–Crippen MR) is 72.3 cm³/mol. The Morgan fingerprint density at radius 2 is 1.52 bits per heavy atom. The van der Waals surface area contributed by atoms with Crippen molar-refractivity contribution in [1.29, 1.82) is 10.5 Å². The third-order valence-electron chi connectivity index (χ3n) is 2.36. The lowest BCUT2D eigenvalue weighted by Crippen LogP contribution is -1.89. The average molecular weight is 283 g/mol. The molecule has 0 heterocycles. The Morgan fingerprint density at radius 3 is 2.00 bits per heavy atom. The van der Waals surface area contributed by atoms with Gasteiger partial charge in [0, 0.05) is 6.07 Å². The largest absolute Gasteiger partial charge is 0.507 e. The van der Waals surface area contributed by atoms with Crippen LogP contribution in [0.5, 0.6) is 11.5 Å². The van der Waals surface area contributed by atoms with Crippen LogP contribution in [-0.4, -0.2) is 15.1 Å². The molecular weight excluding hydrogens is 274 g/mol. The number of para-hydroxylation sites is 2. The molecule has 0 aromatic heterocycles. The van der Waals surface area contributed by atoms with Gasteiger partial charge in [-0.1, -0.05) is 18.2 Å². The van der Waals surface area contributed by atoms with Gasteiger partial charge in [0.05, 0.1) is 10.5 Å². The Kier molecular flexibility index (Phi) is 5.25. The van der Waals surface area contributed by atoms with E-state index in [1.54, 1.807) is 24.3 Å². The van der Waals surface area contributed by atoms with E-state index in [-0.39, 0.29) is 11.3 Å². The molecule has 0 saturated carbocycles. The maximum Gasteiger partial charge on any atom is 0.312 e. The van der Waals surface area contributed by atoms with Gasteiger partial charge >= 0.3 is 5.69 Å². The molecule has 0 spiro atoms. The molecular formula is C14H9N3O4. The summed E-state index contributed by atoms with van der Waals surface area (Å²) in [5.41, 5.74) is -0.226. The van der Waals surface area contributed by atoms with Crippen molar-refractivity contribution in [2.24, 2.45) is 0 Å². The number of nitrogens with zero attached hydrogens (tertiary/aromatic N) is 3. The van der Waals surface area contributed by atoms with Crippen molar-refractivity contribution in [1.82, 2.24) is 0 Å². The summed E-state index contributed by atoms with van der Waals surface area (Å²) >= 11 is 0. The van der Waals surface area contributed by atoms with Crippen LogP contribution in [0.2, 0.25) is 0 Å². The first kappa shape index (κ1) is 15.5. The minimum atomic E-state index is -0.740. The van der Waals surface area contributed by atoms with Gasteiger partial charge in [-0.15, -0.1) is 0 Å². The number of benzene rings is 2. The highest BCUT2D eigenvalue weighted by molar-refractivity contribution is 5.55. The quantitative estimate of drug-likeness (QED) is 0.610. The van der Waals surface area contributed by atoms with Crippen molar-refractivity contribution in [3.8, 4) is 23.6 Å². The summed E-state index contributed by atoms with van der Waals surface area (Å²) in [5.74, 6) is -0.537. The summed E-state index contributed by atoms with van der Waals surface area (Å²) in [7, 11) is 0. The van der Waals surface area contributed by atoms with E-state index in [2.05, 4.69) is 0 Å². The van der Waals surface area contributed by atoms with E-state index in [4.69, 9.17) is 20.7 Å². The Balaban J connectivity index is 0.000000219. The monoisotopic (exact) mass is 283 g/mol. The van der Waals surface area contributed by atoms with Crippen LogP contribution >= 0.6 is 0 Å². The molecule has 0 aliphatic heterocycles. The molecule has 0 fully saturated rings. The molecule has 7 nitrogen and oxygen atoms in total. The number of nitriles is 2. The topological polar surface area (TPSA) is 131 Å². The van der Waals surface area contributed by atoms with Crippen LogP contribution in [0, 0.1) is 32.8 Å². The van der Waals surface area contributed by atoms with Crippen molar-refractivity contribution in [2.75, 3.05) is 0 Å². The number of rotatable bonds is 1. The molecule has 0 bridgehead atoms. The number of aromatic hydroxyl groups is 2. The van der Waals surface area contributed by atoms with Gasteiger partial charge in [-0.3, -0.25) is 10.1 Å². The molecule has 21 heavy (non-hydrogen) atoms. The molecule has 0 saturated heterocycles. The molecule has 2 aromatic carbocycles. The van der Waals surface area contributed by atoms with Gasteiger partial charge in [0.2, 0.25) is 5.75 Å². The molecule has 0 atom stereocenters. The third kappa shape index (κ3) is 3.94. The Labute approximate surface area is 119 Å². The molecule has 0 aliphatic carbocycles. The van der Waals surface area contributed by atoms with E-state index in [0.29, 0.717) is 5.56 Å². The highest BCUT2D eigenvalue weighted by Gasteiger charge is 2.15. The molecule has 0 unspecified atom stereocenters. The van der Waals surface area contributed by atoms with E-state index in [1.165, 1.54) is 18.2 Å². The molecule has 2 aromatic rings. The second-order valence-electron chi connectivity index (χ2n) is 3.67. The average Bonchev–Trinajstić information content (AvgIpc) is 2.48. The number of phenolic OH excluding ortho intramolecular Hbond substituents is 2. The summed E-state index contributed by atoms with van der Waals surface area (Å²) < 4.78 is 0. The van der Waals surface area contributed by atoms with Crippen LogP contribution in [0.25, 0.3) is 0 Å². The zero-order valence-electron chi connectivity index (χ0n) is 10.6. The lowest BCUT2D eigenvalue weighted by Gasteiger charge is -1.95. The van der Waals surface area contributed by atoms with E-state index in [1.807, 2.05) is 6.07 Å². The molecule has 0 radical (unpaired) electrons. The van der Waals surface area contributed by atoms with Gasteiger partial charge in [0.15, 0.2) is 0 Å². The third-order valence-corrected chi connectivity index (χ3v) is 2.36. The number of hydrogen-bond donors (Lipinski definition) is 2. The van der Waals surface area contributed by atoms with Crippen LogP contribution < -0.4 is 0 Å². The first-order valence-electron chi connectivity index (χ1n) is 5.55. The lowest BCUT2D eigenvalue weighted by atomic mass is 10.2. The van der Waals surface area contributed by atoms with Gasteiger partial charge in [0.25, 0.3) is 0 Å². The first-order chi connectivity index (χ1) is 10.0. The Morgan fingerprint density at radius 1 is 0.952 bits per heavy atom. The standard InChI is InChI=1S/C7H4N2O3.C7H5NO/c8-4-5-2-1-3-6(7(5)10)9(11)12;8-5-6-3-1-2-4-7(6)9/h1-3,10H;1-4,9H. The maximum absolute atomic E-state index is 10.2. The highest BCUT2D eigenvalue weighted by atomic mass is 16.6. The van der Waals surface area contributed by atoms with Crippen molar-refractivity contribution < 1.29 is 15.1 Å². The Hall–Kier alpha value is -3.58. The smallest absolute Gasteiger partial charge is 0.312 e. The summed E-state index contributed by atoms with van der Waals surface area (Å²) in [4.78, 5) is 9.49. The summed E-state index contributed by atoms with van der Waals surface area (Å²) in [5, 5.41) is 44.9. The van der Waals surface area contributed by atoms with Gasteiger partial charge in [-0.05, 0) is 18.2 Å². The molecule has 2 N–H and O–H groups in total. The fourth-order valence-corrected chi connectivity index (χ4v) is 1.34. The molecule has 0 aliphatic rings. The van der Waals surface area contributed by atoms with Gasteiger partial charge in [-0.25, -0.2) is 0 Å². The fraction of sp³-hybridized carbons (Fsp3) is 0. The SMILES string of the molecule is N#Cc1cccc([N+](=O)[O-])c1O.N#Cc1ccccc1O.